The van der Waals surface area contributed by atoms with Crippen LogP contribution in [-0.4, -0.2) is 29.3 Å². The first-order chi connectivity index (χ1) is 7.22. The summed E-state index contributed by atoms with van der Waals surface area (Å²) in [5.41, 5.74) is 0.775. The quantitative estimate of drug-likeness (QED) is 0.616. The van der Waals surface area contributed by atoms with Gasteiger partial charge in [-0.2, -0.15) is 0 Å². The maximum atomic E-state index is 11.3. The molecule has 0 saturated heterocycles. The van der Waals surface area contributed by atoms with Gasteiger partial charge >= 0.3 is 0 Å². The van der Waals surface area contributed by atoms with Crippen LogP contribution in [0.5, 0.6) is 5.75 Å². The monoisotopic (exact) mass is 209 g/mol. The Balaban J connectivity index is 2.37. The van der Waals surface area contributed by atoms with E-state index >= 15 is 0 Å². The summed E-state index contributed by atoms with van der Waals surface area (Å²) in [5.74, 6) is 0.0599. The number of aromatic hydroxyl groups is 1. The maximum absolute atomic E-state index is 11.3. The lowest BCUT2D eigenvalue weighted by Gasteiger charge is -2.04. The average Bonchev–Trinajstić information content (AvgIpc) is 2.18. The second-order valence-corrected chi connectivity index (χ2v) is 3.27. The molecule has 3 N–H and O–H groups in total. The average molecular weight is 209 g/mol. The molecule has 0 aliphatic carbocycles. The van der Waals surface area contributed by atoms with Gasteiger partial charge in [-0.05, 0) is 24.1 Å². The Bertz CT molecular complexity index is 325. The van der Waals surface area contributed by atoms with Gasteiger partial charge in [-0.15, -0.1) is 0 Å². The van der Waals surface area contributed by atoms with Crippen molar-refractivity contribution < 1.29 is 15.0 Å². The molecule has 1 amide bonds. The lowest BCUT2D eigenvalue weighted by molar-refractivity contribution is -0.120. The molecule has 0 saturated carbocycles. The molecule has 0 fully saturated rings. The summed E-state index contributed by atoms with van der Waals surface area (Å²) in [6.07, 6.45) is 0.811. The van der Waals surface area contributed by atoms with Crippen LogP contribution in [0.4, 0.5) is 0 Å². The van der Waals surface area contributed by atoms with Crippen molar-refractivity contribution in [3.8, 4) is 5.75 Å². The number of nitrogens with one attached hydrogen (secondary N) is 1. The lowest BCUT2D eigenvalue weighted by atomic mass is 10.1. The van der Waals surface area contributed by atoms with Crippen molar-refractivity contribution in [2.24, 2.45) is 0 Å². The van der Waals surface area contributed by atoms with Crippen LogP contribution >= 0.6 is 0 Å². The first-order valence-electron chi connectivity index (χ1n) is 4.88. The summed E-state index contributed by atoms with van der Waals surface area (Å²) in [5, 5.41) is 20.4. The van der Waals surface area contributed by atoms with Crippen molar-refractivity contribution in [3.05, 3.63) is 29.8 Å². The molecule has 1 aromatic carbocycles. The summed E-state index contributed by atoms with van der Waals surface area (Å²) in [7, 11) is 0. The normalized spacial score (nSPS) is 9.93. The minimum atomic E-state index is -0.103. The van der Waals surface area contributed by atoms with Gasteiger partial charge < -0.3 is 15.5 Å². The first kappa shape index (κ1) is 11.5. The van der Waals surface area contributed by atoms with Gasteiger partial charge in [0.2, 0.25) is 5.91 Å². The highest BCUT2D eigenvalue weighted by Crippen LogP contribution is 2.10. The maximum Gasteiger partial charge on any atom is 0.224 e. The minimum Gasteiger partial charge on any atom is -0.508 e. The van der Waals surface area contributed by atoms with E-state index in [2.05, 4.69) is 5.32 Å². The van der Waals surface area contributed by atoms with E-state index in [1.54, 1.807) is 24.3 Å². The van der Waals surface area contributed by atoms with Crippen molar-refractivity contribution in [2.45, 2.75) is 12.8 Å². The van der Waals surface area contributed by atoms with Crippen molar-refractivity contribution in [3.63, 3.8) is 0 Å². The van der Waals surface area contributed by atoms with Gasteiger partial charge in [-0.1, -0.05) is 12.1 Å². The van der Waals surface area contributed by atoms with E-state index < -0.39 is 0 Å². The third kappa shape index (κ3) is 4.46. The van der Waals surface area contributed by atoms with Gasteiger partial charge in [-0.25, -0.2) is 0 Å². The second-order valence-electron chi connectivity index (χ2n) is 3.27. The van der Waals surface area contributed by atoms with Crippen LogP contribution in [0.2, 0.25) is 0 Å². The highest BCUT2D eigenvalue weighted by Gasteiger charge is 2.02. The van der Waals surface area contributed by atoms with Gasteiger partial charge in [0.25, 0.3) is 0 Å². The number of phenols is 1. The Hall–Kier alpha value is -1.55. The molecule has 0 unspecified atom stereocenters. The standard InChI is InChI=1S/C11H15NO3/c13-6-2-5-12-11(15)8-9-3-1-4-10(14)7-9/h1,3-4,7,13-14H,2,5-6,8H2,(H,12,15). The Labute approximate surface area is 88.6 Å². The van der Waals surface area contributed by atoms with Crippen LogP contribution in [0.3, 0.4) is 0 Å². The molecule has 1 rings (SSSR count). The van der Waals surface area contributed by atoms with E-state index in [1.807, 2.05) is 0 Å². The van der Waals surface area contributed by atoms with Crippen LogP contribution in [0.1, 0.15) is 12.0 Å². The molecule has 0 bridgehead atoms. The zero-order valence-electron chi connectivity index (χ0n) is 8.44. The first-order valence-corrected chi connectivity index (χ1v) is 4.88. The Morgan fingerprint density at radius 2 is 2.20 bits per heavy atom. The van der Waals surface area contributed by atoms with Gasteiger partial charge in [0.15, 0.2) is 0 Å². The smallest absolute Gasteiger partial charge is 0.224 e. The van der Waals surface area contributed by atoms with Gasteiger partial charge in [0, 0.05) is 13.2 Å². The van der Waals surface area contributed by atoms with Crippen molar-refractivity contribution in [1.82, 2.24) is 5.32 Å². The van der Waals surface area contributed by atoms with E-state index in [0.717, 1.165) is 5.56 Å². The molecule has 0 aliphatic heterocycles. The Morgan fingerprint density at radius 3 is 2.87 bits per heavy atom. The summed E-state index contributed by atoms with van der Waals surface area (Å²) < 4.78 is 0. The zero-order valence-corrected chi connectivity index (χ0v) is 8.44. The molecule has 0 radical (unpaired) electrons. The number of carbonyl (C=O) groups is 1. The molecule has 0 heterocycles. The van der Waals surface area contributed by atoms with Crippen LogP contribution in [-0.2, 0) is 11.2 Å². The molecule has 15 heavy (non-hydrogen) atoms. The molecule has 4 nitrogen and oxygen atoms in total. The summed E-state index contributed by atoms with van der Waals surface area (Å²) in [6.45, 7) is 0.556. The lowest BCUT2D eigenvalue weighted by Crippen LogP contribution is -2.26. The summed E-state index contributed by atoms with van der Waals surface area (Å²) >= 11 is 0. The fourth-order valence-electron chi connectivity index (χ4n) is 1.22. The highest BCUT2D eigenvalue weighted by molar-refractivity contribution is 5.78. The fraction of sp³-hybridized carbons (Fsp3) is 0.364. The third-order valence-electron chi connectivity index (χ3n) is 1.93. The number of hydrogen-bond acceptors (Lipinski definition) is 3. The van der Waals surface area contributed by atoms with Crippen LogP contribution < -0.4 is 5.32 Å². The third-order valence-corrected chi connectivity index (χ3v) is 1.93. The molecule has 0 atom stereocenters. The van der Waals surface area contributed by atoms with Gasteiger partial charge in [0.1, 0.15) is 5.75 Å². The highest BCUT2D eigenvalue weighted by atomic mass is 16.3. The number of benzene rings is 1. The minimum absolute atomic E-state index is 0.0758. The largest absolute Gasteiger partial charge is 0.508 e. The van der Waals surface area contributed by atoms with E-state index in [-0.39, 0.29) is 24.7 Å². The number of phenolic OH excluding ortho intramolecular Hbond substituents is 1. The molecule has 0 aromatic heterocycles. The molecule has 82 valence electrons. The predicted octanol–water partition coefficient (Wildman–Crippen LogP) is 0.433. The fourth-order valence-corrected chi connectivity index (χ4v) is 1.22. The van der Waals surface area contributed by atoms with E-state index in [0.29, 0.717) is 13.0 Å². The number of aliphatic hydroxyl groups excluding tert-OH is 1. The Morgan fingerprint density at radius 1 is 1.40 bits per heavy atom. The molecule has 0 spiro atoms. The van der Waals surface area contributed by atoms with E-state index in [9.17, 15) is 9.90 Å². The van der Waals surface area contributed by atoms with Crippen molar-refractivity contribution >= 4 is 5.91 Å². The number of amides is 1. The van der Waals surface area contributed by atoms with Crippen LogP contribution in [0.25, 0.3) is 0 Å². The number of rotatable bonds is 5. The molecule has 4 heteroatoms. The van der Waals surface area contributed by atoms with E-state index in [4.69, 9.17) is 5.11 Å². The zero-order chi connectivity index (χ0) is 11.1. The topological polar surface area (TPSA) is 69.6 Å². The summed E-state index contributed by atoms with van der Waals surface area (Å²) in [4.78, 5) is 11.3. The molecular formula is C11H15NO3. The van der Waals surface area contributed by atoms with E-state index in [1.165, 1.54) is 0 Å². The SMILES string of the molecule is O=C(Cc1cccc(O)c1)NCCCO. The predicted molar refractivity (Wildman–Crippen MR) is 56.5 cm³/mol. The number of carbonyl (C=O) groups excluding carboxylic acids is 1. The van der Waals surface area contributed by atoms with Crippen molar-refractivity contribution in [2.75, 3.05) is 13.2 Å². The molecule has 1 aromatic rings. The van der Waals surface area contributed by atoms with Gasteiger partial charge in [0.05, 0.1) is 6.42 Å². The number of aliphatic hydroxyl groups is 1. The molecular weight excluding hydrogens is 194 g/mol. The summed E-state index contributed by atoms with van der Waals surface area (Å²) in [6, 6.07) is 6.61. The van der Waals surface area contributed by atoms with Gasteiger partial charge in [-0.3, -0.25) is 4.79 Å². The second kappa shape index (κ2) is 6.03. The van der Waals surface area contributed by atoms with Crippen LogP contribution in [0, 0.1) is 0 Å². The number of hydrogen-bond donors (Lipinski definition) is 3. The molecule has 0 aliphatic rings. The van der Waals surface area contributed by atoms with Crippen molar-refractivity contribution in [1.29, 1.82) is 0 Å². The van der Waals surface area contributed by atoms with Crippen LogP contribution in [0.15, 0.2) is 24.3 Å². The Kier molecular flexibility index (Phi) is 4.63.